The van der Waals surface area contributed by atoms with Crippen molar-refractivity contribution in [2.75, 3.05) is 24.6 Å². The summed E-state index contributed by atoms with van der Waals surface area (Å²) in [5, 5.41) is 9.56. The Morgan fingerprint density at radius 3 is 2.50 bits per heavy atom. The van der Waals surface area contributed by atoms with Crippen molar-refractivity contribution in [3.05, 3.63) is 29.3 Å². The van der Waals surface area contributed by atoms with Crippen LogP contribution in [0.4, 0.5) is 0 Å². The van der Waals surface area contributed by atoms with Gasteiger partial charge < -0.3 is 10.0 Å². The van der Waals surface area contributed by atoms with E-state index in [4.69, 9.17) is 0 Å². The van der Waals surface area contributed by atoms with E-state index in [1.54, 1.807) is 19.1 Å². The molecule has 1 fully saturated rings. The maximum absolute atomic E-state index is 12.2. The number of hydrogen-bond donors (Lipinski definition) is 1. The van der Waals surface area contributed by atoms with Crippen molar-refractivity contribution >= 4 is 15.7 Å². The third-order valence-electron chi connectivity index (χ3n) is 3.17. The summed E-state index contributed by atoms with van der Waals surface area (Å²) in [6.45, 7) is 2.11. The highest BCUT2D eigenvalue weighted by atomic mass is 32.2. The van der Waals surface area contributed by atoms with Crippen molar-refractivity contribution in [3.63, 3.8) is 0 Å². The Hall–Kier alpha value is -1.56. The van der Waals surface area contributed by atoms with E-state index >= 15 is 0 Å². The smallest absolute Gasteiger partial charge is 0.254 e. The van der Waals surface area contributed by atoms with Crippen molar-refractivity contribution < 1.29 is 18.3 Å². The SMILES string of the molecule is Cc1c(O)cccc1C(=O)N1CCS(=O)(=O)CC1. The predicted molar refractivity (Wildman–Crippen MR) is 67.4 cm³/mol. The average Bonchev–Trinajstić information content (AvgIpc) is 2.32. The minimum atomic E-state index is -2.99. The van der Waals surface area contributed by atoms with Crippen molar-refractivity contribution in [1.82, 2.24) is 4.90 Å². The Bertz CT molecular complexity index is 566. The first kappa shape index (κ1) is 12.9. The van der Waals surface area contributed by atoms with Gasteiger partial charge in [-0.15, -0.1) is 0 Å². The Morgan fingerprint density at radius 1 is 1.28 bits per heavy atom. The van der Waals surface area contributed by atoms with E-state index in [2.05, 4.69) is 0 Å². The molecule has 1 aliphatic heterocycles. The summed E-state index contributed by atoms with van der Waals surface area (Å²) in [7, 11) is -2.99. The van der Waals surface area contributed by atoms with Gasteiger partial charge in [0.15, 0.2) is 9.84 Å². The highest BCUT2D eigenvalue weighted by molar-refractivity contribution is 7.91. The summed E-state index contributed by atoms with van der Waals surface area (Å²) in [4.78, 5) is 13.7. The van der Waals surface area contributed by atoms with Crippen LogP contribution in [-0.2, 0) is 9.84 Å². The summed E-state index contributed by atoms with van der Waals surface area (Å²) in [6, 6.07) is 4.77. The number of rotatable bonds is 1. The van der Waals surface area contributed by atoms with Gasteiger partial charge in [0.1, 0.15) is 5.75 Å². The van der Waals surface area contributed by atoms with E-state index in [1.807, 2.05) is 0 Å². The van der Waals surface area contributed by atoms with Gasteiger partial charge in [-0.2, -0.15) is 0 Å². The van der Waals surface area contributed by atoms with Gasteiger partial charge in [-0.1, -0.05) is 6.07 Å². The molecule has 18 heavy (non-hydrogen) atoms. The van der Waals surface area contributed by atoms with E-state index in [0.29, 0.717) is 11.1 Å². The van der Waals surface area contributed by atoms with Crippen LogP contribution >= 0.6 is 0 Å². The number of sulfone groups is 1. The molecular weight excluding hydrogens is 254 g/mol. The first-order valence-electron chi connectivity index (χ1n) is 5.69. The third kappa shape index (κ3) is 2.48. The van der Waals surface area contributed by atoms with Crippen molar-refractivity contribution in [3.8, 4) is 5.75 Å². The minimum absolute atomic E-state index is 0.0105. The van der Waals surface area contributed by atoms with Gasteiger partial charge in [0.25, 0.3) is 5.91 Å². The molecule has 1 amide bonds. The molecule has 6 heteroatoms. The quantitative estimate of drug-likeness (QED) is 0.809. The van der Waals surface area contributed by atoms with E-state index in [0.717, 1.165) is 0 Å². The lowest BCUT2D eigenvalue weighted by atomic mass is 10.1. The monoisotopic (exact) mass is 269 g/mol. The van der Waals surface area contributed by atoms with Crippen LogP contribution in [0, 0.1) is 6.92 Å². The van der Waals surface area contributed by atoms with Gasteiger partial charge in [-0.25, -0.2) is 8.42 Å². The number of hydrogen-bond acceptors (Lipinski definition) is 4. The number of benzene rings is 1. The maximum atomic E-state index is 12.2. The molecule has 1 aliphatic rings. The number of nitrogens with zero attached hydrogens (tertiary/aromatic N) is 1. The van der Waals surface area contributed by atoms with Gasteiger partial charge in [-0.3, -0.25) is 4.79 Å². The molecular formula is C12H15NO4S. The number of carbonyl (C=O) groups excluding carboxylic acids is 1. The second kappa shape index (κ2) is 4.61. The van der Waals surface area contributed by atoms with E-state index in [9.17, 15) is 18.3 Å². The average molecular weight is 269 g/mol. The highest BCUT2D eigenvalue weighted by Crippen LogP contribution is 2.21. The zero-order valence-electron chi connectivity index (χ0n) is 10.1. The van der Waals surface area contributed by atoms with Crippen LogP contribution < -0.4 is 0 Å². The lowest BCUT2D eigenvalue weighted by Crippen LogP contribution is -2.43. The summed E-state index contributed by atoms with van der Waals surface area (Å²) >= 11 is 0. The molecule has 1 heterocycles. The van der Waals surface area contributed by atoms with Crippen molar-refractivity contribution in [2.45, 2.75) is 6.92 Å². The molecule has 1 N–H and O–H groups in total. The first-order chi connectivity index (χ1) is 8.41. The van der Waals surface area contributed by atoms with Crippen LogP contribution in [0.15, 0.2) is 18.2 Å². The Labute approximate surface area is 106 Å². The van der Waals surface area contributed by atoms with E-state index < -0.39 is 9.84 Å². The van der Waals surface area contributed by atoms with Gasteiger partial charge in [0.2, 0.25) is 0 Å². The van der Waals surface area contributed by atoms with Crippen LogP contribution in [0.1, 0.15) is 15.9 Å². The summed E-state index contributed by atoms with van der Waals surface area (Å²) in [5.74, 6) is -0.128. The fraction of sp³-hybridized carbons (Fsp3) is 0.417. The van der Waals surface area contributed by atoms with E-state index in [1.165, 1.54) is 11.0 Å². The lowest BCUT2D eigenvalue weighted by molar-refractivity contribution is 0.0769. The molecule has 2 rings (SSSR count). The number of carbonyl (C=O) groups is 1. The fourth-order valence-electron chi connectivity index (χ4n) is 1.94. The van der Waals surface area contributed by atoms with Gasteiger partial charge >= 0.3 is 0 Å². The molecule has 0 aromatic heterocycles. The maximum Gasteiger partial charge on any atom is 0.254 e. The second-order valence-corrected chi connectivity index (χ2v) is 6.70. The Balaban J connectivity index is 2.20. The standard InChI is InChI=1S/C12H15NO4S/c1-9-10(3-2-4-11(9)14)12(15)13-5-7-18(16,17)8-6-13/h2-4,14H,5-8H2,1H3. The Kier molecular flexibility index (Phi) is 3.30. The van der Waals surface area contributed by atoms with Crippen molar-refractivity contribution in [1.29, 1.82) is 0 Å². The van der Waals surface area contributed by atoms with Gasteiger partial charge in [0.05, 0.1) is 11.5 Å². The fourth-order valence-corrected chi connectivity index (χ4v) is 3.14. The molecule has 0 spiro atoms. The number of amides is 1. The lowest BCUT2D eigenvalue weighted by Gasteiger charge is -2.27. The summed E-state index contributed by atoms with van der Waals surface area (Å²) < 4.78 is 22.6. The van der Waals surface area contributed by atoms with Crippen LogP contribution in [0.5, 0.6) is 5.75 Å². The normalized spacial score (nSPS) is 18.6. The second-order valence-electron chi connectivity index (χ2n) is 4.39. The third-order valence-corrected chi connectivity index (χ3v) is 4.78. The minimum Gasteiger partial charge on any atom is -0.508 e. The Morgan fingerprint density at radius 2 is 1.89 bits per heavy atom. The first-order valence-corrected chi connectivity index (χ1v) is 7.51. The largest absolute Gasteiger partial charge is 0.508 e. The molecule has 0 aliphatic carbocycles. The van der Waals surface area contributed by atoms with Gasteiger partial charge in [-0.05, 0) is 19.1 Å². The molecule has 98 valence electrons. The molecule has 0 bridgehead atoms. The molecule has 0 unspecified atom stereocenters. The van der Waals surface area contributed by atoms with E-state index in [-0.39, 0.29) is 36.3 Å². The summed E-state index contributed by atoms with van der Waals surface area (Å²) in [6.07, 6.45) is 0. The molecule has 1 aromatic rings. The topological polar surface area (TPSA) is 74.7 Å². The molecule has 1 saturated heterocycles. The van der Waals surface area contributed by atoms with Crippen LogP contribution in [0.25, 0.3) is 0 Å². The van der Waals surface area contributed by atoms with Crippen LogP contribution in [0.2, 0.25) is 0 Å². The van der Waals surface area contributed by atoms with Crippen LogP contribution in [0.3, 0.4) is 0 Å². The molecule has 1 aromatic carbocycles. The molecule has 0 saturated carbocycles. The zero-order chi connectivity index (χ0) is 13.3. The zero-order valence-corrected chi connectivity index (χ0v) is 10.9. The predicted octanol–water partition coefficient (Wildman–Crippen LogP) is 0.571. The number of aromatic hydroxyl groups is 1. The molecule has 5 nitrogen and oxygen atoms in total. The number of phenols is 1. The highest BCUT2D eigenvalue weighted by Gasteiger charge is 2.26. The molecule has 0 radical (unpaired) electrons. The molecule has 0 atom stereocenters. The summed E-state index contributed by atoms with van der Waals surface area (Å²) in [5.41, 5.74) is 0.949. The number of phenolic OH excluding ortho intramolecular Hbond substituents is 1. The van der Waals surface area contributed by atoms with Crippen LogP contribution in [-0.4, -0.2) is 48.9 Å². The van der Waals surface area contributed by atoms with Crippen molar-refractivity contribution in [2.24, 2.45) is 0 Å². The van der Waals surface area contributed by atoms with Gasteiger partial charge in [0, 0.05) is 24.2 Å².